The van der Waals surface area contributed by atoms with Crippen molar-refractivity contribution in [2.75, 3.05) is 19.8 Å². The molecule has 1 heterocycles. The number of hydrogen-bond acceptors (Lipinski definition) is 4. The van der Waals surface area contributed by atoms with Crippen LogP contribution in [0.4, 0.5) is 8.78 Å². The largest absolute Gasteiger partial charge is 0.434 e. The number of halogens is 2. The van der Waals surface area contributed by atoms with Gasteiger partial charge in [0, 0.05) is 13.2 Å². The quantitative estimate of drug-likeness (QED) is 0.866. The number of aliphatic hydroxyl groups is 1. The molecule has 0 aliphatic carbocycles. The maximum Gasteiger partial charge on any atom is 0.387 e. The highest BCUT2D eigenvalue weighted by molar-refractivity contribution is 5.97. The minimum atomic E-state index is -3.01. The van der Waals surface area contributed by atoms with Crippen LogP contribution < -0.4 is 10.1 Å². The number of carbonyl (C=O) groups excluding carboxylic acids is 1. The van der Waals surface area contributed by atoms with Crippen LogP contribution in [-0.2, 0) is 4.74 Å². The van der Waals surface area contributed by atoms with Crippen molar-refractivity contribution in [1.82, 2.24) is 5.32 Å². The van der Waals surface area contributed by atoms with Gasteiger partial charge in [-0.3, -0.25) is 4.79 Å². The first-order valence-corrected chi connectivity index (χ1v) is 6.61. The average Bonchev–Trinajstić information content (AvgIpc) is 2.48. The number of nitrogens with one attached hydrogen (secondary N) is 1. The zero-order chi connectivity index (χ0) is 15.3. The van der Waals surface area contributed by atoms with Crippen molar-refractivity contribution in [3.8, 4) is 5.75 Å². The van der Waals surface area contributed by atoms with E-state index in [1.807, 2.05) is 0 Å². The van der Waals surface area contributed by atoms with Gasteiger partial charge in [-0.15, -0.1) is 0 Å². The normalized spacial score (nSPS) is 17.5. The van der Waals surface area contributed by atoms with E-state index < -0.39 is 18.1 Å². The van der Waals surface area contributed by atoms with Gasteiger partial charge in [0.05, 0.1) is 17.7 Å². The molecule has 0 spiro atoms. The van der Waals surface area contributed by atoms with E-state index >= 15 is 0 Å². The van der Waals surface area contributed by atoms with Crippen LogP contribution in [0.1, 0.15) is 23.2 Å². The Morgan fingerprint density at radius 3 is 2.67 bits per heavy atom. The van der Waals surface area contributed by atoms with Crippen LogP contribution in [0.5, 0.6) is 5.75 Å². The Bertz CT molecular complexity index is 490. The first kappa shape index (κ1) is 15.7. The van der Waals surface area contributed by atoms with E-state index in [0.29, 0.717) is 26.1 Å². The first-order chi connectivity index (χ1) is 10.1. The Labute approximate surface area is 120 Å². The molecule has 21 heavy (non-hydrogen) atoms. The van der Waals surface area contributed by atoms with Crippen LogP contribution >= 0.6 is 0 Å². The van der Waals surface area contributed by atoms with Crippen molar-refractivity contribution in [1.29, 1.82) is 0 Å². The molecule has 1 amide bonds. The van der Waals surface area contributed by atoms with Crippen molar-refractivity contribution in [2.45, 2.75) is 25.0 Å². The molecule has 116 valence electrons. The van der Waals surface area contributed by atoms with Gasteiger partial charge in [0.2, 0.25) is 0 Å². The van der Waals surface area contributed by atoms with Crippen molar-refractivity contribution in [3.05, 3.63) is 29.8 Å². The molecule has 1 aliphatic rings. The van der Waals surface area contributed by atoms with Crippen molar-refractivity contribution in [3.63, 3.8) is 0 Å². The molecule has 1 fully saturated rings. The van der Waals surface area contributed by atoms with Gasteiger partial charge in [0.1, 0.15) is 5.75 Å². The fourth-order valence-corrected chi connectivity index (χ4v) is 2.25. The number of hydrogen-bond donors (Lipinski definition) is 2. The van der Waals surface area contributed by atoms with E-state index in [2.05, 4.69) is 10.1 Å². The van der Waals surface area contributed by atoms with Gasteiger partial charge in [-0.2, -0.15) is 8.78 Å². The van der Waals surface area contributed by atoms with Crippen LogP contribution in [0.3, 0.4) is 0 Å². The number of carbonyl (C=O) groups is 1. The molecule has 1 saturated heterocycles. The van der Waals surface area contributed by atoms with E-state index in [0.717, 1.165) is 0 Å². The maximum absolute atomic E-state index is 12.4. The zero-order valence-electron chi connectivity index (χ0n) is 11.4. The highest BCUT2D eigenvalue weighted by atomic mass is 19.3. The van der Waals surface area contributed by atoms with Crippen LogP contribution in [0, 0.1) is 0 Å². The third-order valence-corrected chi connectivity index (χ3v) is 3.48. The fourth-order valence-electron chi connectivity index (χ4n) is 2.25. The van der Waals surface area contributed by atoms with Gasteiger partial charge in [-0.25, -0.2) is 0 Å². The Morgan fingerprint density at radius 1 is 1.38 bits per heavy atom. The summed E-state index contributed by atoms with van der Waals surface area (Å²) in [6, 6.07) is 5.77. The maximum atomic E-state index is 12.4. The Hall–Kier alpha value is -1.73. The molecule has 7 heteroatoms. The summed E-state index contributed by atoms with van der Waals surface area (Å²) in [6.07, 6.45) is 0.931. The molecule has 1 aliphatic heterocycles. The Morgan fingerprint density at radius 2 is 2.05 bits per heavy atom. The van der Waals surface area contributed by atoms with Gasteiger partial charge in [-0.1, -0.05) is 12.1 Å². The fraction of sp³-hybridized carbons (Fsp3) is 0.500. The number of aliphatic hydroxyl groups excluding tert-OH is 1. The molecule has 2 rings (SSSR count). The summed E-state index contributed by atoms with van der Waals surface area (Å²) in [5.41, 5.74) is -0.773. The van der Waals surface area contributed by atoms with Gasteiger partial charge in [0.25, 0.3) is 5.91 Å². The molecule has 5 nitrogen and oxygen atoms in total. The van der Waals surface area contributed by atoms with E-state index in [9.17, 15) is 18.7 Å². The average molecular weight is 301 g/mol. The van der Waals surface area contributed by atoms with E-state index in [4.69, 9.17) is 4.74 Å². The number of benzene rings is 1. The topological polar surface area (TPSA) is 67.8 Å². The molecule has 0 bridgehead atoms. The summed E-state index contributed by atoms with van der Waals surface area (Å²) in [5, 5.41) is 12.2. The van der Waals surface area contributed by atoms with Crippen LogP contribution in [0.15, 0.2) is 24.3 Å². The molecule has 0 saturated carbocycles. The van der Waals surface area contributed by atoms with Crippen LogP contribution in [-0.4, -0.2) is 43.0 Å². The summed E-state index contributed by atoms with van der Waals surface area (Å²) in [7, 11) is 0. The van der Waals surface area contributed by atoms with E-state index in [-0.39, 0.29) is 17.9 Å². The second-order valence-electron chi connectivity index (χ2n) is 4.88. The highest BCUT2D eigenvalue weighted by Crippen LogP contribution is 2.24. The number of amides is 1. The van der Waals surface area contributed by atoms with Crippen molar-refractivity contribution < 1.29 is 28.2 Å². The van der Waals surface area contributed by atoms with Crippen LogP contribution in [0.2, 0.25) is 0 Å². The van der Waals surface area contributed by atoms with E-state index in [1.54, 1.807) is 6.07 Å². The first-order valence-electron chi connectivity index (χ1n) is 6.61. The molecule has 1 aromatic rings. The highest BCUT2D eigenvalue weighted by Gasteiger charge is 2.34. The molecule has 0 atom stereocenters. The lowest BCUT2D eigenvalue weighted by Crippen LogP contribution is -2.54. The van der Waals surface area contributed by atoms with E-state index in [1.165, 1.54) is 18.2 Å². The summed E-state index contributed by atoms with van der Waals surface area (Å²) >= 11 is 0. The lowest BCUT2D eigenvalue weighted by atomic mass is 9.90. The smallest absolute Gasteiger partial charge is 0.387 e. The van der Waals surface area contributed by atoms with Gasteiger partial charge >= 0.3 is 6.61 Å². The zero-order valence-corrected chi connectivity index (χ0v) is 11.4. The van der Waals surface area contributed by atoms with Crippen molar-refractivity contribution in [2.24, 2.45) is 0 Å². The second-order valence-corrected chi connectivity index (χ2v) is 4.88. The number of rotatable bonds is 5. The predicted molar refractivity (Wildman–Crippen MR) is 70.4 cm³/mol. The lowest BCUT2D eigenvalue weighted by Gasteiger charge is -2.36. The molecule has 0 radical (unpaired) electrons. The predicted octanol–water partition coefficient (Wildman–Crippen LogP) is 1.56. The molecule has 1 aromatic carbocycles. The molecule has 2 N–H and O–H groups in total. The van der Waals surface area contributed by atoms with Gasteiger partial charge in [0.15, 0.2) is 0 Å². The number of para-hydroxylation sites is 1. The Kier molecular flexibility index (Phi) is 5.08. The molecule has 0 aromatic heterocycles. The summed E-state index contributed by atoms with van der Waals surface area (Å²) in [5.74, 6) is -0.743. The Balaban J connectivity index is 2.16. The lowest BCUT2D eigenvalue weighted by molar-refractivity contribution is -0.0502. The standard InChI is InChI=1S/C14H17F2NO4/c15-13(16)21-11-4-2-1-3-10(11)12(19)17-14(9-18)5-7-20-8-6-14/h1-4,13,18H,5-9H2,(H,17,19). The third-order valence-electron chi connectivity index (χ3n) is 3.48. The molecular weight excluding hydrogens is 284 g/mol. The summed E-state index contributed by atoms with van der Waals surface area (Å²) < 4.78 is 34.3. The van der Waals surface area contributed by atoms with Crippen LogP contribution in [0.25, 0.3) is 0 Å². The number of ether oxygens (including phenoxy) is 2. The molecule has 0 unspecified atom stereocenters. The summed E-state index contributed by atoms with van der Waals surface area (Å²) in [6.45, 7) is -2.39. The van der Waals surface area contributed by atoms with Gasteiger partial charge < -0.3 is 19.9 Å². The second kappa shape index (κ2) is 6.82. The SMILES string of the molecule is O=C(NC1(CO)CCOCC1)c1ccccc1OC(F)F. The van der Waals surface area contributed by atoms with Crippen molar-refractivity contribution >= 4 is 5.91 Å². The minimum absolute atomic E-state index is 0.0112. The minimum Gasteiger partial charge on any atom is -0.434 e. The summed E-state index contributed by atoms with van der Waals surface area (Å²) in [4.78, 5) is 12.3. The number of alkyl halides is 2. The monoisotopic (exact) mass is 301 g/mol. The molecular formula is C14H17F2NO4. The van der Waals surface area contributed by atoms with Gasteiger partial charge in [-0.05, 0) is 25.0 Å². The third kappa shape index (κ3) is 3.89.